The van der Waals surface area contributed by atoms with Gasteiger partial charge in [0.2, 0.25) is 0 Å². The first-order valence-corrected chi connectivity index (χ1v) is 11.3. The van der Waals surface area contributed by atoms with E-state index in [1.54, 1.807) is 26.1 Å². The molecule has 0 aliphatic carbocycles. The van der Waals surface area contributed by atoms with Gasteiger partial charge in [0.1, 0.15) is 5.69 Å². The van der Waals surface area contributed by atoms with E-state index < -0.39 is 15.7 Å². The number of aryl methyl sites for hydroxylation is 2. The molecule has 0 radical (unpaired) electrons. The Hall–Kier alpha value is -2.84. The smallest absolute Gasteiger partial charge is 0.283 e. The summed E-state index contributed by atoms with van der Waals surface area (Å²) in [7, 11) is -0.988. The summed E-state index contributed by atoms with van der Waals surface area (Å²) in [4.78, 5) is 12.4. The van der Waals surface area contributed by atoms with Crippen molar-refractivity contribution in [3.05, 3.63) is 71.5 Å². The van der Waals surface area contributed by atoms with Crippen LogP contribution in [0.25, 0.3) is 0 Å². The van der Waals surface area contributed by atoms with Crippen molar-refractivity contribution in [2.45, 2.75) is 23.9 Å². The van der Waals surface area contributed by atoms with E-state index in [9.17, 15) is 22.0 Å². The van der Waals surface area contributed by atoms with Crippen molar-refractivity contribution in [2.75, 3.05) is 10.0 Å². The van der Waals surface area contributed by atoms with Crippen molar-refractivity contribution in [1.82, 2.24) is 9.78 Å². The van der Waals surface area contributed by atoms with Gasteiger partial charge in [-0.15, -0.1) is 0 Å². The van der Waals surface area contributed by atoms with E-state index in [0.717, 1.165) is 6.07 Å². The fourth-order valence-electron chi connectivity index (χ4n) is 2.99. The number of hydrogen-bond acceptors (Lipinski definition) is 4. The van der Waals surface area contributed by atoms with Crippen molar-refractivity contribution in [3.63, 3.8) is 0 Å². The molecule has 0 spiro atoms. The molecular formula is C20H21F2N4O3PS. The molecular weight excluding hydrogens is 445 g/mol. The Morgan fingerprint density at radius 1 is 1.16 bits per heavy atom. The quantitative estimate of drug-likeness (QED) is 0.516. The SMILES string of the molecule is CCc1cc(NC(=O)c2ccnn2C)ccc1S(=O)(=O)Nc1cccc(C(F)(F)P)c1. The highest BCUT2D eigenvalue weighted by molar-refractivity contribution is 7.92. The summed E-state index contributed by atoms with van der Waals surface area (Å²) >= 11 is 0. The molecule has 1 amide bonds. The fraction of sp³-hybridized carbons (Fsp3) is 0.200. The highest BCUT2D eigenvalue weighted by Gasteiger charge is 2.25. The van der Waals surface area contributed by atoms with E-state index in [1.165, 1.54) is 50.5 Å². The molecule has 2 N–H and O–H groups in total. The molecule has 1 heterocycles. The van der Waals surface area contributed by atoms with Gasteiger partial charge in [-0.3, -0.25) is 14.2 Å². The zero-order valence-electron chi connectivity index (χ0n) is 16.8. The van der Waals surface area contributed by atoms with Crippen LogP contribution in [0.1, 0.15) is 28.5 Å². The van der Waals surface area contributed by atoms with Gasteiger partial charge in [-0.05, 0) is 48.4 Å². The van der Waals surface area contributed by atoms with Crippen LogP contribution in [0, 0.1) is 0 Å². The molecule has 31 heavy (non-hydrogen) atoms. The highest BCUT2D eigenvalue weighted by Crippen LogP contribution is 2.36. The first-order valence-electron chi connectivity index (χ1n) is 9.23. The van der Waals surface area contributed by atoms with Crippen LogP contribution in [0.3, 0.4) is 0 Å². The molecule has 0 saturated carbocycles. The van der Waals surface area contributed by atoms with E-state index in [-0.39, 0.29) is 22.1 Å². The number of alkyl halides is 2. The minimum atomic E-state index is -4.04. The van der Waals surface area contributed by atoms with E-state index >= 15 is 0 Å². The van der Waals surface area contributed by atoms with E-state index in [0.29, 0.717) is 23.4 Å². The Morgan fingerprint density at radius 2 is 1.90 bits per heavy atom. The predicted molar refractivity (Wildman–Crippen MR) is 118 cm³/mol. The molecule has 1 unspecified atom stereocenters. The zero-order chi connectivity index (χ0) is 22.8. The minimum absolute atomic E-state index is 0.00318. The molecule has 0 bridgehead atoms. The summed E-state index contributed by atoms with van der Waals surface area (Å²) in [5.74, 6) is -0.383. The van der Waals surface area contributed by atoms with Crippen LogP contribution in [-0.2, 0) is 29.2 Å². The van der Waals surface area contributed by atoms with Gasteiger partial charge in [0.25, 0.3) is 21.6 Å². The number of anilines is 2. The average molecular weight is 466 g/mol. The first-order chi connectivity index (χ1) is 14.5. The van der Waals surface area contributed by atoms with Gasteiger partial charge in [0.05, 0.1) is 4.90 Å². The number of carbonyl (C=O) groups is 1. The molecule has 11 heteroatoms. The van der Waals surface area contributed by atoms with Crippen molar-refractivity contribution in [2.24, 2.45) is 7.05 Å². The molecule has 7 nitrogen and oxygen atoms in total. The topological polar surface area (TPSA) is 93.1 Å². The lowest BCUT2D eigenvalue weighted by molar-refractivity contribution is 0.101. The molecule has 1 atom stereocenters. The number of nitrogens with one attached hydrogen (secondary N) is 2. The van der Waals surface area contributed by atoms with Crippen LogP contribution in [-0.4, -0.2) is 24.1 Å². The van der Waals surface area contributed by atoms with Crippen LogP contribution < -0.4 is 10.0 Å². The molecule has 0 fully saturated rings. The van der Waals surface area contributed by atoms with E-state index in [2.05, 4.69) is 15.1 Å². The summed E-state index contributed by atoms with van der Waals surface area (Å²) in [6.45, 7) is 1.77. The van der Waals surface area contributed by atoms with Crippen molar-refractivity contribution < 1.29 is 22.0 Å². The summed E-state index contributed by atoms with van der Waals surface area (Å²) < 4.78 is 56.6. The van der Waals surface area contributed by atoms with Crippen molar-refractivity contribution >= 4 is 36.5 Å². The third kappa shape index (κ3) is 5.26. The second-order valence-corrected chi connectivity index (χ2v) is 9.16. The van der Waals surface area contributed by atoms with Crippen molar-refractivity contribution in [3.8, 4) is 0 Å². The Kier molecular flexibility index (Phi) is 6.43. The number of sulfonamides is 1. The number of nitrogens with zero attached hydrogens (tertiary/aromatic N) is 2. The fourth-order valence-corrected chi connectivity index (χ4v) is 4.51. The second kappa shape index (κ2) is 8.72. The minimum Gasteiger partial charge on any atom is -0.321 e. The van der Waals surface area contributed by atoms with Crippen LogP contribution >= 0.6 is 9.24 Å². The number of rotatable bonds is 7. The van der Waals surface area contributed by atoms with Gasteiger partial charge < -0.3 is 5.32 Å². The normalized spacial score (nSPS) is 11.9. The number of amides is 1. The molecule has 0 saturated heterocycles. The Balaban J connectivity index is 1.86. The molecule has 1 aromatic heterocycles. The predicted octanol–water partition coefficient (Wildman–Crippen LogP) is 3.96. The molecule has 164 valence electrons. The van der Waals surface area contributed by atoms with Crippen LogP contribution in [0.5, 0.6) is 0 Å². The number of halogens is 2. The molecule has 2 aromatic carbocycles. The monoisotopic (exact) mass is 466 g/mol. The van der Waals surface area contributed by atoms with Crippen LogP contribution in [0.15, 0.2) is 59.6 Å². The number of aromatic nitrogens is 2. The van der Waals surface area contributed by atoms with Gasteiger partial charge in [0.15, 0.2) is 0 Å². The maximum atomic E-state index is 13.5. The number of hydrogen-bond donors (Lipinski definition) is 2. The number of carbonyl (C=O) groups excluding carboxylic acids is 1. The lowest BCUT2D eigenvalue weighted by atomic mass is 10.1. The highest BCUT2D eigenvalue weighted by atomic mass is 32.2. The maximum absolute atomic E-state index is 13.5. The largest absolute Gasteiger partial charge is 0.321 e. The van der Waals surface area contributed by atoms with Gasteiger partial charge in [-0.1, -0.05) is 28.3 Å². The maximum Gasteiger partial charge on any atom is 0.283 e. The Labute approximate surface area is 181 Å². The Morgan fingerprint density at radius 3 is 2.52 bits per heavy atom. The van der Waals surface area contributed by atoms with E-state index in [1.807, 2.05) is 0 Å². The third-order valence-electron chi connectivity index (χ3n) is 4.54. The lowest BCUT2D eigenvalue weighted by Gasteiger charge is -2.15. The van der Waals surface area contributed by atoms with Gasteiger partial charge >= 0.3 is 0 Å². The third-order valence-corrected chi connectivity index (χ3v) is 6.36. The molecule has 3 rings (SSSR count). The van der Waals surface area contributed by atoms with Crippen LogP contribution in [0.2, 0.25) is 0 Å². The standard InChI is InChI=1S/C20H21F2N4O3PS/c1-3-13-11-15(24-19(27)17-9-10-23-26(17)2)7-8-18(13)31(28,29)25-16-6-4-5-14(12-16)20(21,22)30/h4-12,25H,3,30H2,1-2H3,(H,24,27). The molecule has 0 aliphatic heterocycles. The van der Waals surface area contributed by atoms with Gasteiger partial charge in [-0.2, -0.15) is 13.9 Å². The molecule has 3 aromatic rings. The average Bonchev–Trinajstić information content (AvgIpc) is 3.13. The van der Waals surface area contributed by atoms with Crippen LogP contribution in [0.4, 0.5) is 20.2 Å². The van der Waals surface area contributed by atoms with Gasteiger partial charge in [0, 0.05) is 30.2 Å². The summed E-state index contributed by atoms with van der Waals surface area (Å²) in [5.41, 5.74) is -2.25. The lowest BCUT2D eigenvalue weighted by Crippen LogP contribution is -2.18. The van der Waals surface area contributed by atoms with Gasteiger partial charge in [-0.25, -0.2) is 8.42 Å². The summed E-state index contributed by atoms with van der Waals surface area (Å²) in [5, 5.41) is 6.65. The Bertz CT molecular complexity index is 1220. The molecule has 0 aliphatic rings. The number of benzene rings is 2. The second-order valence-electron chi connectivity index (χ2n) is 6.78. The van der Waals surface area contributed by atoms with E-state index in [4.69, 9.17) is 0 Å². The zero-order valence-corrected chi connectivity index (χ0v) is 18.7. The van der Waals surface area contributed by atoms with Crippen molar-refractivity contribution in [1.29, 1.82) is 0 Å². The summed E-state index contributed by atoms with van der Waals surface area (Å²) in [6.07, 6.45) is 1.87. The first kappa shape index (κ1) is 22.8. The summed E-state index contributed by atoms with van der Waals surface area (Å²) in [6, 6.07) is 11.0.